The van der Waals surface area contributed by atoms with Gasteiger partial charge in [0.25, 0.3) is 0 Å². The van der Waals surface area contributed by atoms with E-state index in [0.29, 0.717) is 42.8 Å². The van der Waals surface area contributed by atoms with Crippen molar-refractivity contribution in [1.29, 1.82) is 0 Å². The number of aryl methyl sites for hydroxylation is 1. The van der Waals surface area contributed by atoms with Gasteiger partial charge in [-0.1, -0.05) is 6.07 Å². The molecule has 2 amide bonds. The average molecular weight is 353 g/mol. The Morgan fingerprint density at radius 3 is 2.81 bits per heavy atom. The Morgan fingerprint density at radius 1 is 1.19 bits per heavy atom. The van der Waals surface area contributed by atoms with Crippen LogP contribution in [0, 0.1) is 12.8 Å². The highest BCUT2D eigenvalue weighted by molar-refractivity contribution is 6.03. The van der Waals surface area contributed by atoms with Crippen LogP contribution in [0.3, 0.4) is 0 Å². The summed E-state index contributed by atoms with van der Waals surface area (Å²) in [5.41, 5.74) is 1.53. The molecular formula is C19H19N3O4. The Labute approximate surface area is 150 Å². The summed E-state index contributed by atoms with van der Waals surface area (Å²) in [5, 5.41) is 2.79. The van der Waals surface area contributed by atoms with Crippen LogP contribution in [-0.4, -0.2) is 36.6 Å². The van der Waals surface area contributed by atoms with Crippen molar-refractivity contribution >= 4 is 23.3 Å². The van der Waals surface area contributed by atoms with Crippen molar-refractivity contribution in [2.45, 2.75) is 13.3 Å². The lowest BCUT2D eigenvalue weighted by atomic mass is 10.1. The third-order valence-corrected chi connectivity index (χ3v) is 4.47. The van der Waals surface area contributed by atoms with Crippen LogP contribution >= 0.6 is 0 Å². The van der Waals surface area contributed by atoms with Crippen LogP contribution in [0.2, 0.25) is 0 Å². The second-order valence-electron chi connectivity index (χ2n) is 6.39. The minimum Gasteiger partial charge on any atom is -0.486 e. The molecule has 2 aliphatic heterocycles. The van der Waals surface area contributed by atoms with Gasteiger partial charge in [-0.05, 0) is 31.2 Å². The molecule has 0 unspecified atom stereocenters. The number of amides is 2. The van der Waals surface area contributed by atoms with Gasteiger partial charge in [0.2, 0.25) is 11.8 Å². The van der Waals surface area contributed by atoms with Crippen molar-refractivity contribution in [3.63, 3.8) is 0 Å². The number of benzene rings is 1. The Hall–Kier alpha value is -3.09. The molecule has 2 aromatic rings. The molecule has 1 saturated heterocycles. The predicted molar refractivity (Wildman–Crippen MR) is 95.5 cm³/mol. The molecule has 1 aromatic carbocycles. The first-order valence-electron chi connectivity index (χ1n) is 8.55. The van der Waals surface area contributed by atoms with E-state index in [1.165, 1.54) is 0 Å². The first kappa shape index (κ1) is 16.4. The van der Waals surface area contributed by atoms with Crippen LogP contribution in [0.5, 0.6) is 11.5 Å². The summed E-state index contributed by atoms with van der Waals surface area (Å²) in [5.74, 6) is 1.10. The second-order valence-corrected chi connectivity index (χ2v) is 6.39. The number of fused-ring (bicyclic) bond motifs is 1. The third-order valence-electron chi connectivity index (χ3n) is 4.47. The van der Waals surface area contributed by atoms with Gasteiger partial charge in [0.05, 0.1) is 5.92 Å². The first-order chi connectivity index (χ1) is 12.6. The Kier molecular flexibility index (Phi) is 4.20. The molecule has 0 radical (unpaired) electrons. The van der Waals surface area contributed by atoms with Gasteiger partial charge >= 0.3 is 0 Å². The quantitative estimate of drug-likeness (QED) is 0.914. The molecule has 1 aromatic heterocycles. The van der Waals surface area contributed by atoms with E-state index < -0.39 is 5.92 Å². The SMILES string of the molecule is Cc1cccc(NC(=O)[C@@H]2CC(=O)N(c3ccc4c(c3)OCCO4)C2)n1. The Bertz CT molecular complexity index is 868. The van der Waals surface area contributed by atoms with Crippen molar-refractivity contribution in [1.82, 2.24) is 4.98 Å². The standard InChI is InChI=1S/C19H19N3O4/c1-12-3-2-4-17(20-12)21-19(24)13-9-18(23)22(11-13)14-5-6-15-16(10-14)26-8-7-25-15/h2-6,10,13H,7-9,11H2,1H3,(H,20,21,24)/t13-/m1/s1. The van der Waals surface area contributed by atoms with E-state index in [1.54, 1.807) is 23.1 Å². The fourth-order valence-electron chi connectivity index (χ4n) is 3.17. The highest BCUT2D eigenvalue weighted by atomic mass is 16.6. The summed E-state index contributed by atoms with van der Waals surface area (Å²) in [6.07, 6.45) is 0.173. The molecule has 2 aliphatic rings. The van der Waals surface area contributed by atoms with Gasteiger partial charge in [-0.25, -0.2) is 4.98 Å². The summed E-state index contributed by atoms with van der Waals surface area (Å²) in [6.45, 7) is 3.19. The number of hydrogen-bond acceptors (Lipinski definition) is 5. The monoisotopic (exact) mass is 353 g/mol. The highest BCUT2D eigenvalue weighted by Crippen LogP contribution is 2.36. The zero-order valence-corrected chi connectivity index (χ0v) is 14.4. The number of ether oxygens (including phenoxy) is 2. The largest absolute Gasteiger partial charge is 0.486 e. The van der Waals surface area contributed by atoms with E-state index in [4.69, 9.17) is 9.47 Å². The third kappa shape index (κ3) is 3.20. The smallest absolute Gasteiger partial charge is 0.230 e. The van der Waals surface area contributed by atoms with E-state index in [1.807, 2.05) is 25.1 Å². The van der Waals surface area contributed by atoms with Crippen LogP contribution in [0.4, 0.5) is 11.5 Å². The highest BCUT2D eigenvalue weighted by Gasteiger charge is 2.35. The number of carbonyl (C=O) groups excluding carboxylic acids is 2. The Balaban J connectivity index is 1.47. The maximum absolute atomic E-state index is 12.5. The molecule has 26 heavy (non-hydrogen) atoms. The molecule has 1 atom stereocenters. The maximum Gasteiger partial charge on any atom is 0.230 e. The summed E-state index contributed by atoms with van der Waals surface area (Å²) in [7, 11) is 0. The van der Waals surface area contributed by atoms with E-state index in [9.17, 15) is 9.59 Å². The molecule has 1 fully saturated rings. The van der Waals surface area contributed by atoms with E-state index in [-0.39, 0.29) is 18.2 Å². The minimum absolute atomic E-state index is 0.0842. The fourth-order valence-corrected chi connectivity index (χ4v) is 3.17. The average Bonchev–Trinajstić information content (AvgIpc) is 3.03. The van der Waals surface area contributed by atoms with Crippen LogP contribution in [-0.2, 0) is 9.59 Å². The fraction of sp³-hybridized carbons (Fsp3) is 0.316. The van der Waals surface area contributed by atoms with Crippen molar-refractivity contribution in [2.24, 2.45) is 5.92 Å². The number of nitrogens with zero attached hydrogens (tertiary/aromatic N) is 2. The molecule has 7 nitrogen and oxygen atoms in total. The molecule has 0 spiro atoms. The summed E-state index contributed by atoms with van der Waals surface area (Å²) in [4.78, 5) is 30.8. The number of pyridine rings is 1. The molecular weight excluding hydrogens is 334 g/mol. The number of carbonyl (C=O) groups is 2. The van der Waals surface area contributed by atoms with Gasteiger partial charge < -0.3 is 19.7 Å². The summed E-state index contributed by atoms with van der Waals surface area (Å²) in [6, 6.07) is 10.8. The van der Waals surface area contributed by atoms with Crippen LogP contribution < -0.4 is 19.7 Å². The summed E-state index contributed by atoms with van der Waals surface area (Å²) >= 11 is 0. The molecule has 134 valence electrons. The van der Waals surface area contributed by atoms with Crippen molar-refractivity contribution in [3.05, 3.63) is 42.1 Å². The van der Waals surface area contributed by atoms with Gasteiger partial charge in [-0.2, -0.15) is 0 Å². The van der Waals surface area contributed by atoms with Gasteiger partial charge in [-0.3, -0.25) is 9.59 Å². The van der Waals surface area contributed by atoms with E-state index in [2.05, 4.69) is 10.3 Å². The maximum atomic E-state index is 12.5. The zero-order chi connectivity index (χ0) is 18.1. The van der Waals surface area contributed by atoms with E-state index in [0.717, 1.165) is 5.69 Å². The lowest BCUT2D eigenvalue weighted by Gasteiger charge is -2.22. The topological polar surface area (TPSA) is 80.8 Å². The van der Waals surface area contributed by atoms with Crippen LogP contribution in [0.1, 0.15) is 12.1 Å². The molecule has 3 heterocycles. The van der Waals surface area contributed by atoms with Crippen molar-refractivity contribution < 1.29 is 19.1 Å². The van der Waals surface area contributed by atoms with Gasteiger partial charge in [0.15, 0.2) is 11.5 Å². The first-order valence-corrected chi connectivity index (χ1v) is 8.55. The van der Waals surface area contributed by atoms with Gasteiger partial charge in [-0.15, -0.1) is 0 Å². The number of aromatic nitrogens is 1. The van der Waals surface area contributed by atoms with Gasteiger partial charge in [0.1, 0.15) is 19.0 Å². The van der Waals surface area contributed by atoms with Crippen LogP contribution in [0.15, 0.2) is 36.4 Å². The summed E-state index contributed by atoms with van der Waals surface area (Å²) < 4.78 is 11.1. The zero-order valence-electron chi connectivity index (χ0n) is 14.4. The minimum atomic E-state index is -0.419. The number of anilines is 2. The lowest BCUT2D eigenvalue weighted by Crippen LogP contribution is -2.28. The number of hydrogen-bond donors (Lipinski definition) is 1. The molecule has 0 saturated carbocycles. The molecule has 0 aliphatic carbocycles. The Morgan fingerprint density at radius 2 is 2.00 bits per heavy atom. The second kappa shape index (κ2) is 6.67. The molecule has 4 rings (SSSR count). The van der Waals surface area contributed by atoms with Gasteiger partial charge in [0, 0.05) is 30.4 Å². The number of nitrogens with one attached hydrogen (secondary N) is 1. The normalized spacial score (nSPS) is 18.7. The molecule has 7 heteroatoms. The van der Waals surface area contributed by atoms with Crippen molar-refractivity contribution in [3.8, 4) is 11.5 Å². The van der Waals surface area contributed by atoms with E-state index >= 15 is 0 Å². The predicted octanol–water partition coefficient (Wildman–Crippen LogP) is 2.15. The van der Waals surface area contributed by atoms with Crippen molar-refractivity contribution in [2.75, 3.05) is 30.0 Å². The molecule has 0 bridgehead atoms. The number of rotatable bonds is 3. The van der Waals surface area contributed by atoms with Crippen LogP contribution in [0.25, 0.3) is 0 Å². The molecule has 1 N–H and O–H groups in total. The lowest BCUT2D eigenvalue weighted by molar-refractivity contribution is -0.122.